The van der Waals surface area contributed by atoms with Gasteiger partial charge >= 0.3 is 0 Å². The van der Waals surface area contributed by atoms with Crippen molar-refractivity contribution in [2.45, 2.75) is 77.5 Å². The Morgan fingerprint density at radius 3 is 2.50 bits per heavy atom. The highest BCUT2D eigenvalue weighted by molar-refractivity contribution is 5.93. The molecule has 0 radical (unpaired) electrons. The predicted molar refractivity (Wildman–Crippen MR) is 135 cm³/mol. The fourth-order valence-corrected chi connectivity index (χ4v) is 5.54. The van der Waals surface area contributed by atoms with E-state index < -0.39 is 6.04 Å². The van der Waals surface area contributed by atoms with Crippen LogP contribution in [0.2, 0.25) is 0 Å². The van der Waals surface area contributed by atoms with Crippen LogP contribution in [0, 0.1) is 11.3 Å². The maximum Gasteiger partial charge on any atom is 0.248 e. The SMILES string of the molecule is CC.CC#N.CCCN(C)C(=O)[C@@H](N)CN1CC2C[C@H]1CN2[C@@H]1CCc2cc(C(N)=O)ccc21. The minimum atomic E-state index is -0.446. The summed E-state index contributed by atoms with van der Waals surface area (Å²) in [7, 11) is 1.84. The second-order valence-electron chi connectivity index (χ2n) is 9.12. The minimum absolute atomic E-state index is 0.0430. The molecule has 2 saturated heterocycles. The number of piperazine rings is 1. The molecule has 8 nitrogen and oxygen atoms in total. The van der Waals surface area contributed by atoms with E-state index in [9.17, 15) is 9.59 Å². The highest BCUT2D eigenvalue weighted by atomic mass is 16.2. The van der Waals surface area contributed by atoms with E-state index in [-0.39, 0.29) is 11.8 Å². The summed E-state index contributed by atoms with van der Waals surface area (Å²) in [5.74, 6) is -0.316. The summed E-state index contributed by atoms with van der Waals surface area (Å²) in [6.07, 6.45) is 4.20. The third-order valence-corrected chi connectivity index (χ3v) is 6.95. The molecule has 1 aromatic carbocycles. The number of nitrogens with zero attached hydrogens (tertiary/aromatic N) is 4. The zero-order chi connectivity index (χ0) is 25.4. The van der Waals surface area contributed by atoms with Gasteiger partial charge in [-0.25, -0.2) is 0 Å². The van der Waals surface area contributed by atoms with Gasteiger partial charge in [-0.2, -0.15) is 5.26 Å². The summed E-state index contributed by atoms with van der Waals surface area (Å²) in [5.41, 5.74) is 14.9. The highest BCUT2D eigenvalue weighted by Gasteiger charge is 2.47. The first-order valence-corrected chi connectivity index (χ1v) is 12.5. The first-order chi connectivity index (χ1) is 16.3. The van der Waals surface area contributed by atoms with Crippen molar-refractivity contribution in [2.24, 2.45) is 11.5 Å². The van der Waals surface area contributed by atoms with Gasteiger partial charge in [-0.3, -0.25) is 19.4 Å². The number of benzene rings is 1. The molecule has 2 bridgehead atoms. The van der Waals surface area contributed by atoms with Crippen molar-refractivity contribution in [1.82, 2.24) is 14.7 Å². The summed E-state index contributed by atoms with van der Waals surface area (Å²) in [4.78, 5) is 30.7. The molecule has 0 aromatic heterocycles. The molecule has 34 heavy (non-hydrogen) atoms. The van der Waals surface area contributed by atoms with Crippen LogP contribution in [-0.2, 0) is 11.2 Å². The molecule has 4 atom stereocenters. The molecule has 2 fully saturated rings. The number of likely N-dealkylation sites (tertiary alicyclic amines) is 2. The summed E-state index contributed by atoms with van der Waals surface area (Å²) in [6.45, 7) is 10.9. The van der Waals surface area contributed by atoms with Crippen molar-refractivity contribution < 1.29 is 9.59 Å². The van der Waals surface area contributed by atoms with Crippen LogP contribution < -0.4 is 11.5 Å². The number of carbonyl (C=O) groups excluding carboxylic acids is 2. The molecule has 1 unspecified atom stereocenters. The third kappa shape index (κ3) is 6.15. The number of amides is 2. The average Bonchev–Trinajstić information content (AvgIpc) is 3.53. The van der Waals surface area contributed by atoms with Gasteiger partial charge in [0.1, 0.15) is 0 Å². The van der Waals surface area contributed by atoms with Crippen molar-refractivity contribution in [3.8, 4) is 6.07 Å². The predicted octanol–water partition coefficient (Wildman–Crippen LogP) is 2.28. The van der Waals surface area contributed by atoms with Gasteiger partial charge in [0.2, 0.25) is 11.8 Å². The van der Waals surface area contributed by atoms with Crippen molar-refractivity contribution in [1.29, 1.82) is 5.26 Å². The highest BCUT2D eigenvalue weighted by Crippen LogP contribution is 2.43. The van der Waals surface area contributed by atoms with Gasteiger partial charge in [0.15, 0.2) is 0 Å². The van der Waals surface area contributed by atoms with Gasteiger partial charge in [-0.15, -0.1) is 0 Å². The zero-order valence-corrected chi connectivity index (χ0v) is 21.5. The Labute approximate surface area is 204 Å². The van der Waals surface area contributed by atoms with Crippen molar-refractivity contribution >= 4 is 11.8 Å². The number of rotatable bonds is 7. The first kappa shape index (κ1) is 27.8. The number of carbonyl (C=O) groups is 2. The zero-order valence-electron chi connectivity index (χ0n) is 21.5. The quantitative estimate of drug-likeness (QED) is 0.631. The number of likely N-dealkylation sites (N-methyl/N-ethyl adjacent to an activating group) is 1. The monoisotopic (exact) mass is 470 g/mol. The number of hydrogen-bond donors (Lipinski definition) is 2. The standard InChI is InChI=1S/C22H33N5O2.C2H3N.C2H6/c1-3-8-25(2)22(29)19(23)13-26-11-17-10-16(26)12-27(17)20-7-5-14-9-15(21(24)28)4-6-18(14)20;1-2-3;1-2/h4,6,9,16-17,19-20H,3,5,7-8,10-13,23H2,1-2H3,(H2,24,28);1H3;1-2H3/t16-,17?,19-,20+;;/m0../s1. The number of nitrogens with two attached hydrogens (primary N) is 2. The lowest BCUT2D eigenvalue weighted by molar-refractivity contribution is -0.131. The van der Waals surface area contributed by atoms with Crippen LogP contribution in [-0.4, -0.2) is 77.9 Å². The maximum atomic E-state index is 12.4. The van der Waals surface area contributed by atoms with Gasteiger partial charge < -0.3 is 16.4 Å². The van der Waals surface area contributed by atoms with Crippen molar-refractivity contribution in [3.63, 3.8) is 0 Å². The van der Waals surface area contributed by atoms with Crippen LogP contribution in [0.4, 0.5) is 0 Å². The first-order valence-electron chi connectivity index (χ1n) is 12.5. The van der Waals surface area contributed by atoms with Crippen molar-refractivity contribution in [2.75, 3.05) is 33.2 Å². The number of hydrogen-bond acceptors (Lipinski definition) is 6. The van der Waals surface area contributed by atoms with E-state index in [1.807, 2.05) is 33.0 Å². The van der Waals surface area contributed by atoms with E-state index in [0.29, 0.717) is 30.2 Å². The molecule has 1 aromatic rings. The second-order valence-corrected chi connectivity index (χ2v) is 9.12. The van der Waals surface area contributed by atoms with Gasteiger partial charge in [0.25, 0.3) is 0 Å². The van der Waals surface area contributed by atoms with Gasteiger partial charge in [0, 0.05) is 63.8 Å². The normalized spacial score (nSPS) is 23.6. The Morgan fingerprint density at radius 1 is 1.26 bits per heavy atom. The van der Waals surface area contributed by atoms with E-state index >= 15 is 0 Å². The molecular formula is C26H42N6O2. The molecule has 1 aliphatic carbocycles. The lowest BCUT2D eigenvalue weighted by Gasteiger charge is -2.38. The van der Waals surface area contributed by atoms with Crippen LogP contribution in [0.3, 0.4) is 0 Å². The van der Waals surface area contributed by atoms with E-state index in [1.165, 1.54) is 18.1 Å². The van der Waals surface area contributed by atoms with Gasteiger partial charge in [0.05, 0.1) is 12.1 Å². The average molecular weight is 471 g/mol. The topological polar surface area (TPSA) is 120 Å². The largest absolute Gasteiger partial charge is 0.366 e. The smallest absolute Gasteiger partial charge is 0.248 e. The van der Waals surface area contributed by atoms with Crippen LogP contribution in [0.25, 0.3) is 0 Å². The molecule has 8 heteroatoms. The second kappa shape index (κ2) is 12.8. The molecule has 2 amide bonds. The maximum absolute atomic E-state index is 12.4. The van der Waals surface area contributed by atoms with Crippen LogP contribution >= 0.6 is 0 Å². The van der Waals surface area contributed by atoms with E-state index in [0.717, 1.165) is 45.3 Å². The molecule has 188 valence electrons. The van der Waals surface area contributed by atoms with Crippen LogP contribution in [0.15, 0.2) is 18.2 Å². The van der Waals surface area contributed by atoms with Gasteiger partial charge in [-0.1, -0.05) is 26.8 Å². The Kier molecular flexibility index (Phi) is 10.5. The lowest BCUT2D eigenvalue weighted by atomic mass is 10.0. The Bertz CT molecular complexity index is 883. The lowest BCUT2D eigenvalue weighted by Crippen LogP contribution is -2.54. The van der Waals surface area contributed by atoms with E-state index in [1.54, 1.807) is 11.0 Å². The molecule has 0 spiro atoms. The Hall–Kier alpha value is -2.47. The molecular weight excluding hydrogens is 428 g/mol. The van der Waals surface area contributed by atoms with Crippen LogP contribution in [0.5, 0.6) is 0 Å². The summed E-state index contributed by atoms with van der Waals surface area (Å²) < 4.78 is 0. The van der Waals surface area contributed by atoms with Crippen molar-refractivity contribution in [3.05, 3.63) is 34.9 Å². The molecule has 2 aliphatic heterocycles. The van der Waals surface area contributed by atoms with Crippen LogP contribution in [0.1, 0.15) is 74.5 Å². The molecule has 2 heterocycles. The summed E-state index contributed by atoms with van der Waals surface area (Å²) in [6, 6.07) is 8.64. The fraction of sp³-hybridized carbons (Fsp3) is 0.654. The number of nitriles is 1. The summed E-state index contributed by atoms with van der Waals surface area (Å²) in [5, 5.41) is 7.32. The number of aryl methyl sites for hydroxylation is 1. The number of primary amides is 1. The minimum Gasteiger partial charge on any atom is -0.366 e. The fourth-order valence-electron chi connectivity index (χ4n) is 5.54. The van der Waals surface area contributed by atoms with E-state index in [2.05, 4.69) is 22.8 Å². The third-order valence-electron chi connectivity index (χ3n) is 6.95. The van der Waals surface area contributed by atoms with E-state index in [4.69, 9.17) is 16.7 Å². The number of fused-ring (bicyclic) bond motifs is 3. The Balaban J connectivity index is 0.000000758. The van der Waals surface area contributed by atoms with Gasteiger partial charge in [-0.05, 0) is 48.9 Å². The molecule has 0 saturated carbocycles. The molecule has 4 rings (SSSR count). The molecule has 3 aliphatic rings. The molecule has 4 N–H and O–H groups in total. The summed E-state index contributed by atoms with van der Waals surface area (Å²) >= 11 is 0. The Morgan fingerprint density at radius 2 is 1.94 bits per heavy atom.